The third kappa shape index (κ3) is 8.91. The normalized spacial score (nSPS) is 29.1. The van der Waals surface area contributed by atoms with Crippen LogP contribution in [0, 0.1) is 35.5 Å². The Balaban J connectivity index is 1.75. The van der Waals surface area contributed by atoms with Crippen molar-refractivity contribution in [2.24, 2.45) is 35.5 Å². The molecule has 0 aliphatic heterocycles. The first-order valence-corrected chi connectivity index (χ1v) is 18.9. The van der Waals surface area contributed by atoms with E-state index < -0.39 is 19.4 Å². The first-order chi connectivity index (χ1) is 19.9. The molecule has 0 saturated heterocycles. The number of esters is 1. The van der Waals surface area contributed by atoms with Crippen LogP contribution in [0.2, 0.25) is 0 Å². The molecule has 8 heteroatoms. The lowest BCUT2D eigenvalue weighted by Gasteiger charge is -2.43. The molecule has 4 rings (SSSR count). The van der Waals surface area contributed by atoms with Crippen LogP contribution in [0.3, 0.4) is 0 Å². The lowest BCUT2D eigenvalue weighted by atomic mass is 9.75. The van der Waals surface area contributed by atoms with Gasteiger partial charge in [0.05, 0.1) is 12.2 Å². The quantitative estimate of drug-likeness (QED) is 0.134. The number of carbonyl (C=O) groups is 1. The van der Waals surface area contributed by atoms with Gasteiger partial charge in [-0.25, -0.2) is 4.79 Å². The van der Waals surface area contributed by atoms with E-state index in [0.29, 0.717) is 29.2 Å². The lowest BCUT2D eigenvalue weighted by molar-refractivity contribution is -0.141. The third-order valence-electron chi connectivity index (χ3n) is 9.08. The van der Waals surface area contributed by atoms with E-state index in [4.69, 9.17) is 13.8 Å². The van der Waals surface area contributed by atoms with E-state index in [1.165, 1.54) is 17.4 Å². The Kier molecular flexibility index (Phi) is 12.1. The molecule has 2 fully saturated rings. The molecule has 1 aromatic heterocycles. The van der Waals surface area contributed by atoms with Crippen molar-refractivity contribution in [1.82, 2.24) is 0 Å². The zero-order chi connectivity index (χ0) is 30.4. The Bertz CT molecular complexity index is 1170. The molecule has 2 aliphatic carbocycles. The minimum absolute atomic E-state index is 0.239. The van der Waals surface area contributed by atoms with Crippen molar-refractivity contribution in [3.05, 3.63) is 62.8 Å². The zero-order valence-corrected chi connectivity index (χ0v) is 29.2. The number of thiophene rings is 1. The van der Waals surface area contributed by atoms with Gasteiger partial charge >= 0.3 is 13.6 Å². The molecule has 2 saturated carbocycles. The first-order valence-electron chi connectivity index (χ1n) is 15.6. The highest BCUT2D eigenvalue weighted by Gasteiger charge is 2.48. The molecule has 0 N–H and O–H groups in total. The maximum Gasteiger partial charge on any atom is 0.376 e. The van der Waals surface area contributed by atoms with Crippen molar-refractivity contribution in [1.29, 1.82) is 0 Å². The monoisotopic (exact) mass is 678 g/mol. The second-order valence-electron chi connectivity index (χ2n) is 13.2. The van der Waals surface area contributed by atoms with Crippen molar-refractivity contribution in [2.75, 3.05) is 0 Å². The van der Waals surface area contributed by atoms with Crippen LogP contribution in [0.4, 0.5) is 0 Å². The molecular weight excluding hydrogens is 631 g/mol. The number of halogens is 1. The fourth-order valence-electron chi connectivity index (χ4n) is 6.61. The summed E-state index contributed by atoms with van der Waals surface area (Å²) in [5.74, 6) is 0.416. The summed E-state index contributed by atoms with van der Waals surface area (Å²) in [5, 5.41) is 1.96. The van der Waals surface area contributed by atoms with Gasteiger partial charge < -0.3 is 13.8 Å². The van der Waals surface area contributed by atoms with E-state index in [1.807, 2.05) is 41.8 Å². The van der Waals surface area contributed by atoms with E-state index in [1.54, 1.807) is 6.08 Å². The fraction of sp³-hybridized carbons (Fsp3) is 0.618. The van der Waals surface area contributed by atoms with Crippen LogP contribution in [-0.2, 0) is 23.1 Å². The molecule has 5 nitrogen and oxygen atoms in total. The molecular formula is C34H48BrO5PS. The second-order valence-corrected chi connectivity index (χ2v) is 17.0. The molecule has 0 amide bonds. The fourth-order valence-corrected chi connectivity index (χ4v) is 9.78. The molecule has 1 aromatic carbocycles. The number of benzene rings is 1. The number of ether oxygens (including phenoxy) is 1. The predicted octanol–water partition coefficient (Wildman–Crippen LogP) is 10.9. The van der Waals surface area contributed by atoms with Crippen LogP contribution in [0.5, 0.6) is 0 Å². The number of carbonyl (C=O) groups excluding carboxylic acids is 1. The zero-order valence-electron chi connectivity index (χ0n) is 25.9. The van der Waals surface area contributed by atoms with Gasteiger partial charge in [-0.2, -0.15) is 0 Å². The van der Waals surface area contributed by atoms with Gasteiger partial charge in [0.1, 0.15) is 0 Å². The van der Waals surface area contributed by atoms with Gasteiger partial charge in [0.25, 0.3) is 0 Å². The minimum atomic E-state index is -4.04. The van der Waals surface area contributed by atoms with E-state index in [-0.39, 0.29) is 24.0 Å². The molecule has 42 heavy (non-hydrogen) atoms. The SMILES string of the molecule is CC1CCC(C(C)C)C(OP(=O)(OC2CC(C)CCC2C(C)C)C(OC(=O)/C=C/c2cccs2)c2ccc(Br)cc2)C1. The highest BCUT2D eigenvalue weighted by molar-refractivity contribution is 9.10. The molecule has 2 aromatic rings. The van der Waals surface area contributed by atoms with Crippen molar-refractivity contribution >= 4 is 46.9 Å². The number of hydrogen-bond acceptors (Lipinski definition) is 6. The molecule has 0 radical (unpaired) electrons. The largest absolute Gasteiger partial charge is 0.441 e. The standard InChI is InChI=1S/C34H48BrO5PS/c1-22(2)29-16-9-24(5)20-31(29)39-41(37,40-32-21-25(6)10-17-30(32)23(3)4)34(26-11-13-27(35)14-12-26)38-33(36)18-15-28-8-7-19-42-28/h7-8,11-15,18-19,22-25,29-32,34H,9-10,16-17,20-21H2,1-6H3/b18-15+. The Morgan fingerprint density at radius 2 is 1.45 bits per heavy atom. The van der Waals surface area contributed by atoms with Gasteiger partial charge in [-0.15, -0.1) is 11.3 Å². The van der Waals surface area contributed by atoms with E-state index in [9.17, 15) is 4.79 Å². The highest BCUT2D eigenvalue weighted by Crippen LogP contribution is 2.66. The summed E-state index contributed by atoms with van der Waals surface area (Å²) < 4.78 is 36.1. The third-order valence-corrected chi connectivity index (χ3v) is 12.6. The van der Waals surface area contributed by atoms with Crippen molar-refractivity contribution in [3.8, 4) is 0 Å². The van der Waals surface area contributed by atoms with E-state index >= 15 is 4.57 Å². The minimum Gasteiger partial charge on any atom is -0.441 e. The van der Waals surface area contributed by atoms with Gasteiger partial charge in [-0.05, 0) is 90.8 Å². The van der Waals surface area contributed by atoms with E-state index in [2.05, 4.69) is 57.5 Å². The van der Waals surface area contributed by atoms with Crippen LogP contribution in [-0.4, -0.2) is 18.2 Å². The maximum atomic E-state index is 15.5. The molecule has 0 bridgehead atoms. The summed E-state index contributed by atoms with van der Waals surface area (Å²) in [6.07, 6.45) is 8.57. The van der Waals surface area contributed by atoms with Crippen molar-refractivity contribution in [2.45, 2.75) is 98.1 Å². The van der Waals surface area contributed by atoms with Gasteiger partial charge in [0, 0.05) is 21.0 Å². The topological polar surface area (TPSA) is 61.8 Å². The Hall–Kier alpha value is -1.24. The number of rotatable bonds is 11. The van der Waals surface area contributed by atoms with Crippen LogP contribution < -0.4 is 0 Å². The summed E-state index contributed by atoms with van der Waals surface area (Å²) in [4.78, 5) is 14.3. The summed E-state index contributed by atoms with van der Waals surface area (Å²) in [6.45, 7) is 13.3. The van der Waals surface area contributed by atoms with Crippen molar-refractivity contribution < 1.29 is 23.1 Å². The second kappa shape index (κ2) is 15.2. The average molecular weight is 680 g/mol. The summed E-state index contributed by atoms with van der Waals surface area (Å²) in [6, 6.07) is 11.3. The first kappa shape index (κ1) is 33.6. The van der Waals surface area contributed by atoms with Crippen LogP contribution in [0.15, 0.2) is 52.3 Å². The molecule has 0 spiro atoms. The Morgan fingerprint density at radius 3 is 1.93 bits per heavy atom. The smallest absolute Gasteiger partial charge is 0.376 e. The van der Waals surface area contributed by atoms with Gasteiger partial charge in [0.2, 0.25) is 5.85 Å². The maximum absolute atomic E-state index is 15.5. The van der Waals surface area contributed by atoms with Gasteiger partial charge in [-0.1, -0.05) is 88.5 Å². The molecule has 1 heterocycles. The summed E-state index contributed by atoms with van der Waals surface area (Å²) in [7, 11) is -4.04. The van der Waals surface area contributed by atoms with Crippen molar-refractivity contribution in [3.63, 3.8) is 0 Å². The predicted molar refractivity (Wildman–Crippen MR) is 176 cm³/mol. The van der Waals surface area contributed by atoms with Gasteiger partial charge in [0.15, 0.2) is 0 Å². The van der Waals surface area contributed by atoms with Crippen LogP contribution in [0.25, 0.3) is 6.08 Å². The lowest BCUT2D eigenvalue weighted by Crippen LogP contribution is -2.37. The molecule has 2 aliphatic rings. The molecule has 7 atom stereocenters. The molecule has 232 valence electrons. The highest BCUT2D eigenvalue weighted by atomic mass is 79.9. The van der Waals surface area contributed by atoms with Crippen LogP contribution in [0.1, 0.15) is 96.4 Å². The summed E-state index contributed by atoms with van der Waals surface area (Å²) in [5.41, 5.74) is 0.606. The number of hydrogen-bond donors (Lipinski definition) is 0. The van der Waals surface area contributed by atoms with E-state index in [0.717, 1.165) is 47.9 Å². The Labute approximate surface area is 265 Å². The molecule has 7 unspecified atom stereocenters. The summed E-state index contributed by atoms with van der Waals surface area (Å²) >= 11 is 5.05. The van der Waals surface area contributed by atoms with Gasteiger partial charge in [-0.3, -0.25) is 4.57 Å². The van der Waals surface area contributed by atoms with Crippen LogP contribution >= 0.6 is 34.9 Å². The Morgan fingerprint density at radius 1 is 0.905 bits per heavy atom. The average Bonchev–Trinajstić information content (AvgIpc) is 3.45.